The molecule has 4 aromatic rings. The van der Waals surface area contributed by atoms with Crippen LogP contribution < -0.4 is 15.2 Å². The lowest BCUT2D eigenvalue weighted by atomic mass is 10.0. The van der Waals surface area contributed by atoms with Gasteiger partial charge < -0.3 is 19.1 Å². The molecule has 1 amide bonds. The van der Waals surface area contributed by atoms with Crippen molar-refractivity contribution in [2.24, 2.45) is 0 Å². The fraction of sp³-hybridized carbons (Fsp3) is 0.387. The van der Waals surface area contributed by atoms with E-state index in [2.05, 4.69) is 45.4 Å². The van der Waals surface area contributed by atoms with E-state index in [-0.39, 0.29) is 11.5 Å². The SMILES string of the molecule is CCn1c2c(c(=O)n3ncc(C(=O)N4CCN(c5cc(Cl)ccc5C)CC4)c13)CN(Cc1ccc(OC)cc1)CC2. The van der Waals surface area contributed by atoms with Crippen molar-refractivity contribution in [2.75, 3.05) is 44.7 Å². The highest BCUT2D eigenvalue weighted by Gasteiger charge is 2.30. The number of nitrogens with zero attached hydrogens (tertiary/aromatic N) is 6. The number of anilines is 1. The van der Waals surface area contributed by atoms with Gasteiger partial charge in [-0.3, -0.25) is 14.5 Å². The number of aromatic nitrogens is 3. The summed E-state index contributed by atoms with van der Waals surface area (Å²) in [6, 6.07) is 13.9. The van der Waals surface area contributed by atoms with Crippen LogP contribution in [0, 0.1) is 6.92 Å². The summed E-state index contributed by atoms with van der Waals surface area (Å²) >= 11 is 6.25. The molecule has 2 aromatic heterocycles. The number of fused-ring (bicyclic) bond motifs is 2. The minimum absolute atomic E-state index is 0.0824. The van der Waals surface area contributed by atoms with E-state index in [9.17, 15) is 9.59 Å². The van der Waals surface area contributed by atoms with Gasteiger partial charge in [0.25, 0.3) is 11.5 Å². The number of carbonyl (C=O) groups is 1. The molecule has 41 heavy (non-hydrogen) atoms. The lowest BCUT2D eigenvalue weighted by molar-refractivity contribution is 0.0748. The molecule has 2 aliphatic heterocycles. The number of carbonyl (C=O) groups excluding carboxylic acids is 1. The molecule has 6 rings (SSSR count). The van der Waals surface area contributed by atoms with Crippen molar-refractivity contribution < 1.29 is 9.53 Å². The average Bonchev–Trinajstić information content (AvgIpc) is 3.44. The maximum atomic E-state index is 13.8. The van der Waals surface area contributed by atoms with E-state index < -0.39 is 0 Å². The third-order valence-corrected chi connectivity index (χ3v) is 8.60. The Labute approximate surface area is 244 Å². The zero-order valence-corrected chi connectivity index (χ0v) is 24.5. The third kappa shape index (κ3) is 5.08. The lowest BCUT2D eigenvalue weighted by Crippen LogP contribution is -2.49. The standard InChI is InChI=1S/C31H35ClN6O3/c1-4-37-27-11-12-34(19-22-6-9-24(41-3)10-7-22)20-26(27)31(40)38-29(37)25(18-33-38)30(39)36-15-13-35(14-16-36)28-17-23(32)8-5-21(28)2/h5-10,17-18H,4,11-16,19-20H2,1-3H3. The monoisotopic (exact) mass is 574 g/mol. The minimum Gasteiger partial charge on any atom is -0.497 e. The van der Waals surface area contributed by atoms with Crippen molar-refractivity contribution in [1.29, 1.82) is 0 Å². The first-order valence-corrected chi connectivity index (χ1v) is 14.5. The van der Waals surface area contributed by atoms with E-state index in [0.717, 1.165) is 47.8 Å². The highest BCUT2D eigenvalue weighted by Crippen LogP contribution is 2.27. The average molecular weight is 575 g/mol. The molecule has 0 aliphatic carbocycles. The highest BCUT2D eigenvalue weighted by atomic mass is 35.5. The summed E-state index contributed by atoms with van der Waals surface area (Å²) in [6.07, 6.45) is 2.31. The predicted octanol–water partition coefficient (Wildman–Crippen LogP) is 4.01. The summed E-state index contributed by atoms with van der Waals surface area (Å²) in [5, 5.41) is 5.15. The van der Waals surface area contributed by atoms with Crippen LogP contribution in [-0.2, 0) is 26.1 Å². The van der Waals surface area contributed by atoms with E-state index >= 15 is 0 Å². The van der Waals surface area contributed by atoms with Gasteiger partial charge in [-0.25, -0.2) is 0 Å². The molecule has 0 saturated carbocycles. The van der Waals surface area contributed by atoms with Crippen LogP contribution >= 0.6 is 11.6 Å². The number of methoxy groups -OCH3 is 1. The quantitative estimate of drug-likeness (QED) is 0.346. The Morgan fingerprint density at radius 1 is 1.05 bits per heavy atom. The number of hydrogen-bond acceptors (Lipinski definition) is 6. The van der Waals surface area contributed by atoms with Gasteiger partial charge in [0.05, 0.1) is 18.9 Å². The summed E-state index contributed by atoms with van der Waals surface area (Å²) in [7, 11) is 1.66. The van der Waals surface area contributed by atoms with Crippen molar-refractivity contribution in [3.05, 3.63) is 92.0 Å². The largest absolute Gasteiger partial charge is 0.497 e. The molecule has 9 nitrogen and oxygen atoms in total. The first-order chi connectivity index (χ1) is 19.9. The molecule has 0 N–H and O–H groups in total. The maximum Gasteiger partial charge on any atom is 0.279 e. The second-order valence-electron chi connectivity index (χ2n) is 10.8. The Balaban J connectivity index is 1.24. The summed E-state index contributed by atoms with van der Waals surface area (Å²) in [6.45, 7) is 9.51. The smallest absolute Gasteiger partial charge is 0.279 e. The molecule has 4 heterocycles. The highest BCUT2D eigenvalue weighted by molar-refractivity contribution is 6.30. The van der Waals surface area contributed by atoms with Gasteiger partial charge >= 0.3 is 0 Å². The molecular formula is C31H35ClN6O3. The third-order valence-electron chi connectivity index (χ3n) is 8.36. The molecule has 0 radical (unpaired) electrons. The molecule has 2 aromatic carbocycles. The number of halogens is 1. The van der Waals surface area contributed by atoms with Gasteiger partial charge in [-0.2, -0.15) is 9.61 Å². The van der Waals surface area contributed by atoms with Crippen molar-refractivity contribution >= 4 is 28.8 Å². The zero-order valence-electron chi connectivity index (χ0n) is 23.8. The van der Waals surface area contributed by atoms with Crippen LogP contribution in [0.2, 0.25) is 5.02 Å². The summed E-state index contributed by atoms with van der Waals surface area (Å²) < 4.78 is 8.82. The van der Waals surface area contributed by atoms with Crippen LogP contribution in [0.25, 0.3) is 5.65 Å². The van der Waals surface area contributed by atoms with E-state index in [1.807, 2.05) is 35.2 Å². The zero-order chi connectivity index (χ0) is 28.7. The second kappa shape index (κ2) is 11.2. The fourth-order valence-corrected chi connectivity index (χ4v) is 6.33. The Bertz CT molecular complexity index is 1650. The van der Waals surface area contributed by atoms with Gasteiger partial charge in [-0.1, -0.05) is 29.8 Å². The Morgan fingerprint density at radius 2 is 1.80 bits per heavy atom. The Hall–Kier alpha value is -3.82. The van der Waals surface area contributed by atoms with Crippen molar-refractivity contribution in [1.82, 2.24) is 24.0 Å². The van der Waals surface area contributed by atoms with E-state index in [4.69, 9.17) is 16.3 Å². The Kier molecular flexibility index (Phi) is 7.48. The molecule has 0 spiro atoms. The maximum absolute atomic E-state index is 13.8. The van der Waals surface area contributed by atoms with Crippen molar-refractivity contribution in [3.63, 3.8) is 0 Å². The number of hydrogen-bond donors (Lipinski definition) is 0. The van der Waals surface area contributed by atoms with Gasteiger partial charge in [0.15, 0.2) is 5.65 Å². The normalized spacial score (nSPS) is 15.8. The van der Waals surface area contributed by atoms with Crippen LogP contribution in [0.15, 0.2) is 53.5 Å². The first-order valence-electron chi connectivity index (χ1n) is 14.2. The molecule has 10 heteroatoms. The van der Waals surface area contributed by atoms with Crippen LogP contribution in [-0.4, -0.2) is 69.7 Å². The van der Waals surface area contributed by atoms with E-state index in [1.165, 1.54) is 10.1 Å². The summed E-state index contributed by atoms with van der Waals surface area (Å²) in [5.74, 6) is 0.744. The van der Waals surface area contributed by atoms with Crippen LogP contribution in [0.3, 0.4) is 0 Å². The number of amides is 1. The molecule has 0 atom stereocenters. The molecule has 1 fully saturated rings. The number of ether oxygens (including phenoxy) is 1. The van der Waals surface area contributed by atoms with Crippen LogP contribution in [0.5, 0.6) is 5.75 Å². The van der Waals surface area contributed by atoms with Gasteiger partial charge in [0.1, 0.15) is 11.3 Å². The molecule has 2 aliphatic rings. The lowest BCUT2D eigenvalue weighted by Gasteiger charge is -2.37. The number of piperazine rings is 1. The summed E-state index contributed by atoms with van der Waals surface area (Å²) in [5.41, 5.74) is 6.14. The first kappa shape index (κ1) is 27.4. The predicted molar refractivity (Wildman–Crippen MR) is 160 cm³/mol. The number of rotatable bonds is 6. The van der Waals surface area contributed by atoms with Crippen LogP contribution in [0.4, 0.5) is 5.69 Å². The number of benzene rings is 2. The van der Waals surface area contributed by atoms with Crippen LogP contribution in [0.1, 0.15) is 39.7 Å². The second-order valence-corrected chi connectivity index (χ2v) is 11.2. The van der Waals surface area contributed by atoms with E-state index in [0.29, 0.717) is 55.5 Å². The minimum atomic E-state index is -0.139. The van der Waals surface area contributed by atoms with Crippen molar-refractivity contribution in [3.8, 4) is 5.75 Å². The molecular weight excluding hydrogens is 540 g/mol. The number of aryl methyl sites for hydroxylation is 2. The molecule has 0 bridgehead atoms. The Morgan fingerprint density at radius 3 is 2.51 bits per heavy atom. The summed E-state index contributed by atoms with van der Waals surface area (Å²) in [4.78, 5) is 33.9. The van der Waals surface area contributed by atoms with Crippen molar-refractivity contribution in [2.45, 2.75) is 39.9 Å². The fourth-order valence-electron chi connectivity index (χ4n) is 6.16. The molecule has 214 valence electrons. The topological polar surface area (TPSA) is 75.3 Å². The van der Waals surface area contributed by atoms with Gasteiger partial charge in [-0.05, 0) is 49.2 Å². The van der Waals surface area contributed by atoms with E-state index in [1.54, 1.807) is 13.3 Å². The van der Waals surface area contributed by atoms with Gasteiger partial charge in [-0.15, -0.1) is 0 Å². The molecule has 0 unspecified atom stereocenters. The van der Waals surface area contributed by atoms with Gasteiger partial charge in [0.2, 0.25) is 0 Å². The van der Waals surface area contributed by atoms with Gasteiger partial charge in [0, 0.05) is 75.2 Å². The molecule has 1 saturated heterocycles.